The topological polar surface area (TPSA) is 58.2 Å². The zero-order valence-corrected chi connectivity index (χ0v) is 13.4. The van der Waals surface area contributed by atoms with Crippen LogP contribution in [0.3, 0.4) is 0 Å². The highest BCUT2D eigenvalue weighted by Gasteiger charge is 2.19. The van der Waals surface area contributed by atoms with Crippen LogP contribution < -0.4 is 10.0 Å². The van der Waals surface area contributed by atoms with Crippen molar-refractivity contribution in [3.63, 3.8) is 0 Å². The van der Waals surface area contributed by atoms with E-state index < -0.39 is 10.0 Å². The minimum absolute atomic E-state index is 0.123. The maximum atomic E-state index is 12.2. The lowest BCUT2D eigenvalue weighted by Crippen LogP contribution is -2.31. The normalized spacial score (nSPS) is 13.5. The van der Waals surface area contributed by atoms with Gasteiger partial charge in [-0.25, -0.2) is 13.1 Å². The molecule has 0 fully saturated rings. The number of thioether (sulfide) groups is 1. The lowest BCUT2D eigenvalue weighted by atomic mass is 10.3. The molecule has 1 rings (SSSR count). The van der Waals surface area contributed by atoms with Crippen molar-refractivity contribution < 1.29 is 8.42 Å². The molecule has 1 aromatic rings. The Labute approximate surface area is 120 Å². The summed E-state index contributed by atoms with van der Waals surface area (Å²) in [5.74, 6) is 0.923. The number of para-hydroxylation sites is 1. The first-order chi connectivity index (χ1) is 8.86. The molecule has 0 aliphatic rings. The van der Waals surface area contributed by atoms with Crippen LogP contribution in [0, 0.1) is 0 Å². The van der Waals surface area contributed by atoms with Gasteiger partial charge in [-0.1, -0.05) is 12.1 Å². The van der Waals surface area contributed by atoms with Gasteiger partial charge in [-0.05, 0) is 39.2 Å². The van der Waals surface area contributed by atoms with Crippen LogP contribution in [0.1, 0.15) is 20.8 Å². The fourth-order valence-electron chi connectivity index (χ4n) is 1.75. The van der Waals surface area contributed by atoms with Crippen molar-refractivity contribution >= 4 is 27.5 Å². The van der Waals surface area contributed by atoms with Crippen LogP contribution in [0.4, 0.5) is 5.69 Å². The average Bonchev–Trinajstić information content (AvgIpc) is 2.28. The zero-order valence-electron chi connectivity index (χ0n) is 11.8. The van der Waals surface area contributed by atoms with Crippen molar-refractivity contribution in [2.75, 3.05) is 17.3 Å². The van der Waals surface area contributed by atoms with Crippen LogP contribution in [-0.2, 0) is 10.0 Å². The minimum Gasteiger partial charge on any atom is -0.381 e. The van der Waals surface area contributed by atoms with E-state index in [4.69, 9.17) is 0 Å². The van der Waals surface area contributed by atoms with Gasteiger partial charge in [0.15, 0.2) is 0 Å². The highest BCUT2D eigenvalue weighted by atomic mass is 32.2. The number of rotatable bonds is 7. The largest absolute Gasteiger partial charge is 0.381 e. The van der Waals surface area contributed by atoms with E-state index in [1.165, 1.54) is 0 Å². The highest BCUT2D eigenvalue weighted by molar-refractivity contribution is 7.98. The Hall–Kier alpha value is -0.720. The summed E-state index contributed by atoms with van der Waals surface area (Å²) >= 11 is 1.73. The molecule has 4 nitrogen and oxygen atoms in total. The van der Waals surface area contributed by atoms with E-state index in [9.17, 15) is 8.42 Å². The van der Waals surface area contributed by atoms with Gasteiger partial charge < -0.3 is 5.32 Å². The summed E-state index contributed by atoms with van der Waals surface area (Å²) in [7, 11) is -3.47. The van der Waals surface area contributed by atoms with Gasteiger partial charge in [0.05, 0.1) is 5.69 Å². The number of anilines is 1. The van der Waals surface area contributed by atoms with E-state index in [2.05, 4.69) is 10.0 Å². The Kier molecular flexibility index (Phi) is 6.16. The van der Waals surface area contributed by atoms with E-state index in [0.717, 1.165) is 5.75 Å². The summed E-state index contributed by atoms with van der Waals surface area (Å²) in [4.78, 5) is 0.302. The maximum Gasteiger partial charge on any atom is 0.242 e. The molecule has 0 spiro atoms. The Morgan fingerprint density at radius 1 is 1.21 bits per heavy atom. The molecule has 1 atom stereocenters. The quantitative estimate of drug-likeness (QED) is 0.812. The summed E-state index contributed by atoms with van der Waals surface area (Å²) < 4.78 is 27.1. The van der Waals surface area contributed by atoms with Crippen LogP contribution >= 0.6 is 11.8 Å². The molecule has 0 heterocycles. The number of hydrogen-bond donors (Lipinski definition) is 2. The molecule has 1 unspecified atom stereocenters. The Morgan fingerprint density at radius 3 is 2.42 bits per heavy atom. The van der Waals surface area contributed by atoms with E-state index in [1.54, 1.807) is 30.0 Å². The second-order valence-electron chi connectivity index (χ2n) is 4.77. The second-order valence-corrected chi connectivity index (χ2v) is 7.37. The SMILES string of the molecule is CSCC(C)Nc1ccccc1S(=O)(=O)NC(C)C. The summed E-state index contributed by atoms with van der Waals surface area (Å²) in [5.41, 5.74) is 0.650. The predicted molar refractivity (Wildman–Crippen MR) is 83.4 cm³/mol. The Balaban J connectivity index is 3.02. The summed E-state index contributed by atoms with van der Waals surface area (Å²) in [6.45, 7) is 5.66. The van der Waals surface area contributed by atoms with Crippen molar-refractivity contribution in [2.24, 2.45) is 0 Å². The Bertz CT molecular complexity index is 501. The molecular weight excluding hydrogens is 280 g/mol. The molecule has 108 valence electrons. The van der Waals surface area contributed by atoms with Crippen LogP contribution in [0.25, 0.3) is 0 Å². The van der Waals surface area contributed by atoms with Crippen molar-refractivity contribution in [1.29, 1.82) is 0 Å². The zero-order chi connectivity index (χ0) is 14.5. The van der Waals surface area contributed by atoms with E-state index >= 15 is 0 Å². The number of benzene rings is 1. The van der Waals surface area contributed by atoms with Gasteiger partial charge in [0.1, 0.15) is 4.90 Å². The van der Waals surface area contributed by atoms with Gasteiger partial charge in [0.25, 0.3) is 0 Å². The molecule has 0 radical (unpaired) electrons. The number of nitrogens with one attached hydrogen (secondary N) is 2. The molecule has 6 heteroatoms. The Morgan fingerprint density at radius 2 is 1.84 bits per heavy atom. The van der Waals surface area contributed by atoms with Gasteiger partial charge in [-0.2, -0.15) is 11.8 Å². The van der Waals surface area contributed by atoms with Crippen molar-refractivity contribution in [2.45, 2.75) is 37.8 Å². The molecule has 0 saturated heterocycles. The van der Waals surface area contributed by atoms with Crippen LogP contribution in [0.2, 0.25) is 0 Å². The van der Waals surface area contributed by atoms with Crippen molar-refractivity contribution in [1.82, 2.24) is 4.72 Å². The smallest absolute Gasteiger partial charge is 0.242 e. The van der Waals surface area contributed by atoms with E-state index in [0.29, 0.717) is 10.6 Å². The van der Waals surface area contributed by atoms with Crippen molar-refractivity contribution in [3.8, 4) is 0 Å². The molecule has 0 aliphatic carbocycles. The van der Waals surface area contributed by atoms with Crippen LogP contribution in [0.5, 0.6) is 0 Å². The number of sulfonamides is 1. The molecule has 0 saturated carbocycles. The molecular formula is C13H22N2O2S2. The molecule has 0 aliphatic heterocycles. The summed E-state index contributed by atoms with van der Waals surface area (Å²) in [5, 5.41) is 3.25. The van der Waals surface area contributed by atoms with Gasteiger partial charge in [-0.15, -0.1) is 0 Å². The summed E-state index contributed by atoms with van der Waals surface area (Å²) in [6.07, 6.45) is 2.03. The van der Waals surface area contributed by atoms with Gasteiger partial charge >= 0.3 is 0 Å². The fourth-order valence-corrected chi connectivity index (χ4v) is 3.76. The maximum absolute atomic E-state index is 12.2. The molecule has 0 aromatic heterocycles. The second kappa shape index (κ2) is 7.17. The van der Waals surface area contributed by atoms with Gasteiger partial charge in [0.2, 0.25) is 10.0 Å². The third kappa shape index (κ3) is 5.04. The first kappa shape index (κ1) is 16.3. The van der Waals surface area contributed by atoms with Crippen LogP contribution in [-0.4, -0.2) is 32.5 Å². The average molecular weight is 302 g/mol. The van der Waals surface area contributed by atoms with Crippen molar-refractivity contribution in [3.05, 3.63) is 24.3 Å². The molecule has 0 bridgehead atoms. The van der Waals surface area contributed by atoms with E-state index in [-0.39, 0.29) is 12.1 Å². The van der Waals surface area contributed by atoms with E-state index in [1.807, 2.05) is 33.1 Å². The first-order valence-electron chi connectivity index (χ1n) is 6.23. The minimum atomic E-state index is -3.47. The third-order valence-corrected chi connectivity index (χ3v) is 4.94. The van der Waals surface area contributed by atoms with Gasteiger partial charge in [-0.3, -0.25) is 0 Å². The lowest BCUT2D eigenvalue weighted by Gasteiger charge is -2.18. The molecule has 0 amide bonds. The monoisotopic (exact) mass is 302 g/mol. The predicted octanol–water partition coefficient (Wildman–Crippen LogP) is 2.54. The third-order valence-electron chi connectivity index (χ3n) is 2.39. The fraction of sp³-hybridized carbons (Fsp3) is 0.538. The molecule has 1 aromatic carbocycles. The standard InChI is InChI=1S/C13H22N2O2S2/c1-10(2)15-19(16,17)13-8-6-5-7-12(13)14-11(3)9-18-4/h5-8,10-11,14-15H,9H2,1-4H3. The molecule has 2 N–H and O–H groups in total. The highest BCUT2D eigenvalue weighted by Crippen LogP contribution is 2.22. The van der Waals surface area contributed by atoms with Gasteiger partial charge in [0, 0.05) is 17.8 Å². The first-order valence-corrected chi connectivity index (χ1v) is 9.11. The molecule has 19 heavy (non-hydrogen) atoms. The number of hydrogen-bond acceptors (Lipinski definition) is 4. The van der Waals surface area contributed by atoms with Crippen LogP contribution in [0.15, 0.2) is 29.2 Å². The summed E-state index contributed by atoms with van der Waals surface area (Å²) in [6, 6.07) is 7.08. The lowest BCUT2D eigenvalue weighted by molar-refractivity contribution is 0.570.